The number of hydrogen-bond acceptors (Lipinski definition) is 3. The SMILES string of the molecule is Cc1nc2c(=O)n(C3CC3)c3c(C)c(-c4ccc5[nH]ccc5c4)ccc3c2o1. The zero-order valence-corrected chi connectivity index (χ0v) is 15.7. The van der Waals surface area contributed by atoms with Crippen molar-refractivity contribution in [3.63, 3.8) is 0 Å². The van der Waals surface area contributed by atoms with Crippen molar-refractivity contribution in [2.75, 3.05) is 0 Å². The van der Waals surface area contributed by atoms with Crippen molar-refractivity contribution in [3.05, 3.63) is 64.4 Å². The Bertz CT molecular complexity index is 1460. The van der Waals surface area contributed by atoms with Crippen LogP contribution in [-0.4, -0.2) is 14.5 Å². The van der Waals surface area contributed by atoms with Gasteiger partial charge in [0.05, 0.1) is 5.52 Å². The van der Waals surface area contributed by atoms with Gasteiger partial charge in [0.1, 0.15) is 0 Å². The van der Waals surface area contributed by atoms with Crippen molar-refractivity contribution in [1.82, 2.24) is 14.5 Å². The van der Waals surface area contributed by atoms with E-state index >= 15 is 0 Å². The molecule has 6 rings (SSSR count). The molecule has 0 aliphatic heterocycles. The summed E-state index contributed by atoms with van der Waals surface area (Å²) in [4.78, 5) is 20.8. The summed E-state index contributed by atoms with van der Waals surface area (Å²) in [6, 6.07) is 13.0. The average Bonchev–Trinajstić information content (AvgIpc) is 3.26. The van der Waals surface area contributed by atoms with Crippen molar-refractivity contribution in [1.29, 1.82) is 0 Å². The van der Waals surface area contributed by atoms with Gasteiger partial charge < -0.3 is 14.0 Å². The Hall–Kier alpha value is -3.34. The number of hydrogen-bond donors (Lipinski definition) is 1. The lowest BCUT2D eigenvalue weighted by Crippen LogP contribution is -2.20. The lowest BCUT2D eigenvalue weighted by Gasteiger charge is -2.15. The number of aromatic amines is 1. The first kappa shape index (κ1) is 15.7. The fourth-order valence-corrected chi connectivity index (χ4v) is 4.38. The molecule has 5 aromatic rings. The van der Waals surface area contributed by atoms with Crippen molar-refractivity contribution in [2.45, 2.75) is 32.7 Å². The van der Waals surface area contributed by atoms with Crippen LogP contribution in [0.2, 0.25) is 0 Å². The first-order valence-corrected chi connectivity index (χ1v) is 9.64. The van der Waals surface area contributed by atoms with E-state index in [1.54, 1.807) is 6.92 Å². The van der Waals surface area contributed by atoms with Gasteiger partial charge in [-0.25, -0.2) is 4.98 Å². The molecule has 2 aromatic carbocycles. The standard InChI is InChI=1S/C23H19N3O2/c1-12-17(14-3-8-19-15(11-14)9-10-24-19)6-7-18-21(12)26(16-4-5-16)23(27)20-22(18)28-13(2)25-20/h3,6-11,16,24H,4-5H2,1-2H3. The van der Waals surface area contributed by atoms with Crippen LogP contribution in [0.1, 0.15) is 30.3 Å². The summed E-state index contributed by atoms with van der Waals surface area (Å²) in [5, 5.41) is 2.14. The largest absolute Gasteiger partial charge is 0.440 e. The van der Waals surface area contributed by atoms with E-state index in [0.717, 1.165) is 46.0 Å². The van der Waals surface area contributed by atoms with Gasteiger partial charge in [0.2, 0.25) is 0 Å². The third kappa shape index (κ3) is 2.07. The Morgan fingerprint density at radius 2 is 2.00 bits per heavy atom. The molecule has 0 bridgehead atoms. The number of rotatable bonds is 2. The summed E-state index contributed by atoms with van der Waals surface area (Å²) >= 11 is 0. The number of aromatic nitrogens is 3. The molecule has 0 spiro atoms. The Labute approximate surface area is 160 Å². The minimum Gasteiger partial charge on any atom is -0.440 e. The first-order valence-electron chi connectivity index (χ1n) is 9.64. The van der Waals surface area contributed by atoms with E-state index < -0.39 is 0 Å². The fraction of sp³-hybridized carbons (Fsp3) is 0.217. The molecule has 5 heteroatoms. The molecule has 5 nitrogen and oxygen atoms in total. The van der Waals surface area contributed by atoms with Gasteiger partial charge in [-0.05, 0) is 66.1 Å². The Kier molecular flexibility index (Phi) is 3.00. The van der Waals surface area contributed by atoms with Crippen LogP contribution >= 0.6 is 0 Å². The van der Waals surface area contributed by atoms with Gasteiger partial charge in [-0.15, -0.1) is 0 Å². The van der Waals surface area contributed by atoms with Crippen LogP contribution in [0.3, 0.4) is 0 Å². The molecule has 1 aliphatic carbocycles. The highest BCUT2D eigenvalue weighted by Crippen LogP contribution is 2.40. The van der Waals surface area contributed by atoms with E-state index in [0.29, 0.717) is 17.0 Å². The molecule has 0 atom stereocenters. The average molecular weight is 369 g/mol. The molecule has 1 N–H and O–H groups in total. The monoisotopic (exact) mass is 369 g/mol. The number of aryl methyl sites for hydroxylation is 2. The fourth-order valence-electron chi connectivity index (χ4n) is 4.38. The molecule has 0 unspecified atom stereocenters. The summed E-state index contributed by atoms with van der Waals surface area (Å²) in [5.41, 5.74) is 6.49. The number of fused-ring (bicyclic) bond motifs is 4. The third-order valence-electron chi connectivity index (χ3n) is 5.85. The van der Waals surface area contributed by atoms with Gasteiger partial charge in [0.25, 0.3) is 5.56 Å². The maximum absolute atomic E-state index is 13.2. The zero-order chi connectivity index (χ0) is 19.0. The number of pyridine rings is 1. The molecule has 1 aliphatic rings. The Morgan fingerprint density at radius 1 is 1.14 bits per heavy atom. The molecule has 0 radical (unpaired) electrons. The van der Waals surface area contributed by atoms with E-state index in [-0.39, 0.29) is 11.6 Å². The summed E-state index contributed by atoms with van der Waals surface area (Å²) in [7, 11) is 0. The van der Waals surface area contributed by atoms with Gasteiger partial charge in [-0.2, -0.15) is 0 Å². The van der Waals surface area contributed by atoms with Crippen molar-refractivity contribution in [3.8, 4) is 11.1 Å². The Morgan fingerprint density at radius 3 is 2.82 bits per heavy atom. The van der Waals surface area contributed by atoms with Gasteiger partial charge in [-0.3, -0.25) is 4.79 Å². The summed E-state index contributed by atoms with van der Waals surface area (Å²) in [6.45, 7) is 3.90. The zero-order valence-electron chi connectivity index (χ0n) is 15.7. The summed E-state index contributed by atoms with van der Waals surface area (Å²) in [5.74, 6) is 0.529. The maximum atomic E-state index is 13.2. The number of nitrogens with zero attached hydrogens (tertiary/aromatic N) is 2. The van der Waals surface area contributed by atoms with E-state index in [1.807, 2.05) is 10.8 Å². The highest BCUT2D eigenvalue weighted by atomic mass is 16.3. The minimum absolute atomic E-state index is 0.0387. The van der Waals surface area contributed by atoms with Crippen LogP contribution in [0.15, 0.2) is 51.8 Å². The van der Waals surface area contributed by atoms with Gasteiger partial charge >= 0.3 is 0 Å². The highest BCUT2D eigenvalue weighted by molar-refractivity contribution is 6.04. The second kappa shape index (κ2) is 5.35. The lowest BCUT2D eigenvalue weighted by atomic mass is 9.96. The number of nitrogens with one attached hydrogen (secondary N) is 1. The van der Waals surface area contributed by atoms with Crippen LogP contribution in [0, 0.1) is 13.8 Å². The van der Waals surface area contributed by atoms with Crippen LogP contribution in [-0.2, 0) is 0 Å². The van der Waals surface area contributed by atoms with Crippen LogP contribution in [0.5, 0.6) is 0 Å². The van der Waals surface area contributed by atoms with E-state index in [9.17, 15) is 4.79 Å². The predicted octanol–water partition coefficient (Wildman–Crippen LogP) is 5.24. The van der Waals surface area contributed by atoms with Gasteiger partial charge in [0, 0.05) is 30.1 Å². The molecule has 28 heavy (non-hydrogen) atoms. The van der Waals surface area contributed by atoms with E-state index in [4.69, 9.17) is 4.42 Å². The smallest absolute Gasteiger partial charge is 0.281 e. The molecule has 138 valence electrons. The first-order chi connectivity index (χ1) is 13.6. The molecule has 0 saturated heterocycles. The molecule has 1 saturated carbocycles. The summed E-state index contributed by atoms with van der Waals surface area (Å²) in [6.07, 6.45) is 4.03. The van der Waals surface area contributed by atoms with Crippen molar-refractivity contribution in [2.24, 2.45) is 0 Å². The lowest BCUT2D eigenvalue weighted by molar-refractivity contribution is 0.563. The predicted molar refractivity (Wildman–Crippen MR) is 111 cm³/mol. The van der Waals surface area contributed by atoms with Crippen molar-refractivity contribution >= 4 is 32.9 Å². The second-order valence-electron chi connectivity index (χ2n) is 7.73. The maximum Gasteiger partial charge on any atom is 0.281 e. The molecule has 0 amide bonds. The van der Waals surface area contributed by atoms with Crippen LogP contribution < -0.4 is 5.56 Å². The Balaban J connectivity index is 1.73. The van der Waals surface area contributed by atoms with E-state index in [2.05, 4.69) is 53.3 Å². The minimum atomic E-state index is -0.0387. The molecular formula is C23H19N3O2. The number of H-pyrrole nitrogens is 1. The van der Waals surface area contributed by atoms with Gasteiger partial charge in [-0.1, -0.05) is 12.1 Å². The normalized spacial score (nSPS) is 14.5. The van der Waals surface area contributed by atoms with Gasteiger partial charge in [0.15, 0.2) is 17.0 Å². The number of benzene rings is 2. The highest BCUT2D eigenvalue weighted by Gasteiger charge is 2.30. The van der Waals surface area contributed by atoms with Crippen LogP contribution in [0.4, 0.5) is 0 Å². The molecule has 3 aromatic heterocycles. The van der Waals surface area contributed by atoms with Crippen molar-refractivity contribution < 1.29 is 4.42 Å². The molecular weight excluding hydrogens is 350 g/mol. The topological polar surface area (TPSA) is 63.8 Å². The summed E-state index contributed by atoms with van der Waals surface area (Å²) < 4.78 is 7.79. The molecule has 1 fully saturated rings. The van der Waals surface area contributed by atoms with Crippen LogP contribution in [0.25, 0.3) is 44.0 Å². The second-order valence-corrected chi connectivity index (χ2v) is 7.73. The van der Waals surface area contributed by atoms with E-state index in [1.165, 1.54) is 5.39 Å². The third-order valence-corrected chi connectivity index (χ3v) is 5.85. The quantitative estimate of drug-likeness (QED) is 0.463. The number of oxazole rings is 1. The molecule has 3 heterocycles.